The zero-order valence-electron chi connectivity index (χ0n) is 26.8. The number of hydrogen-bond donors (Lipinski definition) is 1. The third-order valence-electron chi connectivity index (χ3n) is 8.13. The molecule has 1 saturated heterocycles. The average Bonchev–Trinajstić information content (AvgIpc) is 3.40. The van der Waals surface area contributed by atoms with E-state index in [4.69, 9.17) is 4.74 Å². The Morgan fingerprint density at radius 1 is 0.848 bits per heavy atom. The van der Waals surface area contributed by atoms with Crippen LogP contribution in [-0.2, 0) is 11.3 Å². The number of likely N-dealkylation sites (tertiary alicyclic amines) is 1. The van der Waals surface area contributed by atoms with Gasteiger partial charge in [-0.15, -0.1) is 0 Å². The van der Waals surface area contributed by atoms with Crippen molar-refractivity contribution in [2.45, 2.75) is 45.4 Å². The van der Waals surface area contributed by atoms with Gasteiger partial charge in [0.15, 0.2) is 0 Å². The summed E-state index contributed by atoms with van der Waals surface area (Å²) in [6, 6.07) is 28.0. The summed E-state index contributed by atoms with van der Waals surface area (Å²) < 4.78 is 32.9. The summed E-state index contributed by atoms with van der Waals surface area (Å²) in [7, 11) is 1.76. The van der Waals surface area contributed by atoms with Gasteiger partial charge in [-0.05, 0) is 103 Å². The fraction of sp³-hybridized carbons (Fsp3) is 0.316. The number of halogens is 2. The molecule has 1 aliphatic heterocycles. The molecule has 1 aliphatic rings. The summed E-state index contributed by atoms with van der Waals surface area (Å²) in [5.74, 6) is -0.719. The van der Waals surface area contributed by atoms with E-state index in [9.17, 15) is 18.4 Å². The second-order valence-electron chi connectivity index (χ2n) is 13.1. The molecule has 0 saturated carbocycles. The maximum Gasteiger partial charge on any atom is 0.410 e. The highest BCUT2D eigenvalue weighted by Crippen LogP contribution is 2.30. The molecular formula is C38H41F2N3O3. The predicted molar refractivity (Wildman–Crippen MR) is 177 cm³/mol. The van der Waals surface area contributed by atoms with Gasteiger partial charge in [0.1, 0.15) is 17.2 Å². The molecule has 0 radical (unpaired) electrons. The highest BCUT2D eigenvalue weighted by atomic mass is 19.1. The van der Waals surface area contributed by atoms with Crippen molar-refractivity contribution < 1.29 is 23.1 Å². The molecule has 0 bridgehead atoms. The van der Waals surface area contributed by atoms with Crippen molar-refractivity contribution in [3.8, 4) is 22.3 Å². The van der Waals surface area contributed by atoms with Crippen LogP contribution in [0.15, 0.2) is 97.1 Å². The Kier molecular flexibility index (Phi) is 10.2. The van der Waals surface area contributed by atoms with Crippen LogP contribution in [0.2, 0.25) is 0 Å². The minimum atomic E-state index is -0.572. The van der Waals surface area contributed by atoms with Gasteiger partial charge >= 0.3 is 6.09 Å². The lowest BCUT2D eigenvalue weighted by molar-refractivity contribution is 0.0274. The number of carbonyl (C=O) groups excluding carboxylic acids is 2. The van der Waals surface area contributed by atoms with Crippen LogP contribution in [0.25, 0.3) is 22.3 Å². The highest BCUT2D eigenvalue weighted by molar-refractivity contribution is 5.97. The minimum Gasteiger partial charge on any atom is -0.444 e. The molecule has 1 fully saturated rings. The molecule has 46 heavy (non-hydrogen) atoms. The number of nitrogens with one attached hydrogen (secondary N) is 1. The molecule has 6 nitrogen and oxygen atoms in total. The maximum absolute atomic E-state index is 13.7. The Morgan fingerprint density at radius 3 is 1.96 bits per heavy atom. The number of ether oxygens (including phenoxy) is 1. The Hall–Kier alpha value is -4.56. The third-order valence-corrected chi connectivity index (χ3v) is 8.13. The molecule has 5 rings (SSSR count). The standard InChI is InChI=1S/C38H41F2N3O3/c1-38(2,3)46-37(45)42(4)23-27-18-35(43(25-27)24-26-8-6-5-7-9-26)22-41-36(44)32-20-30(28-10-14-33(39)15-11-28)19-31(21-32)29-12-16-34(40)17-13-29/h5-17,19-21,27,35H,18,22-25H2,1-4H3,(H,41,44)/t27-,35+/m1/s1. The molecule has 1 N–H and O–H groups in total. The van der Waals surface area contributed by atoms with Crippen LogP contribution in [0, 0.1) is 17.6 Å². The van der Waals surface area contributed by atoms with Gasteiger partial charge in [0.2, 0.25) is 0 Å². The number of nitrogens with zero attached hydrogens (tertiary/aromatic N) is 2. The van der Waals surface area contributed by atoms with E-state index in [-0.39, 0.29) is 35.6 Å². The summed E-state index contributed by atoms with van der Waals surface area (Å²) in [4.78, 5) is 30.4. The fourth-order valence-electron chi connectivity index (χ4n) is 5.94. The Morgan fingerprint density at radius 2 is 1.41 bits per heavy atom. The highest BCUT2D eigenvalue weighted by Gasteiger charge is 2.34. The summed E-state index contributed by atoms with van der Waals surface area (Å²) >= 11 is 0. The van der Waals surface area contributed by atoms with Crippen molar-refractivity contribution in [3.63, 3.8) is 0 Å². The van der Waals surface area contributed by atoms with Crippen molar-refractivity contribution in [1.82, 2.24) is 15.1 Å². The molecule has 2 atom stereocenters. The number of rotatable bonds is 9. The van der Waals surface area contributed by atoms with Crippen molar-refractivity contribution in [2.24, 2.45) is 5.92 Å². The number of benzene rings is 4. The first-order chi connectivity index (χ1) is 21.9. The molecule has 0 aliphatic carbocycles. The lowest BCUT2D eigenvalue weighted by Crippen LogP contribution is -2.39. The van der Waals surface area contributed by atoms with Crippen molar-refractivity contribution >= 4 is 12.0 Å². The molecule has 0 aromatic heterocycles. The van der Waals surface area contributed by atoms with Crippen molar-refractivity contribution in [3.05, 3.63) is 120 Å². The topological polar surface area (TPSA) is 61.9 Å². The predicted octanol–water partition coefficient (Wildman–Crippen LogP) is 7.79. The first kappa shape index (κ1) is 32.8. The van der Waals surface area contributed by atoms with Gasteiger partial charge in [0, 0.05) is 44.8 Å². The van der Waals surface area contributed by atoms with E-state index in [1.54, 1.807) is 48.3 Å². The molecular weight excluding hydrogens is 584 g/mol. The summed E-state index contributed by atoms with van der Waals surface area (Å²) in [5.41, 5.74) is 4.10. The average molecular weight is 626 g/mol. The van der Waals surface area contributed by atoms with Gasteiger partial charge in [-0.1, -0.05) is 54.6 Å². The molecule has 4 aromatic rings. The van der Waals surface area contributed by atoms with Crippen LogP contribution in [0.1, 0.15) is 43.1 Å². The van der Waals surface area contributed by atoms with Crippen molar-refractivity contribution in [2.75, 3.05) is 26.7 Å². The van der Waals surface area contributed by atoms with Gasteiger partial charge in [0.25, 0.3) is 5.91 Å². The molecule has 0 unspecified atom stereocenters. The summed E-state index contributed by atoms with van der Waals surface area (Å²) in [6.07, 6.45) is 0.452. The first-order valence-corrected chi connectivity index (χ1v) is 15.6. The van der Waals surface area contributed by atoms with E-state index in [0.29, 0.717) is 18.7 Å². The Labute approximate surface area is 270 Å². The molecule has 1 heterocycles. The molecule has 240 valence electrons. The van der Waals surface area contributed by atoms with Crippen LogP contribution >= 0.6 is 0 Å². The van der Waals surface area contributed by atoms with E-state index < -0.39 is 5.60 Å². The number of amides is 2. The zero-order chi connectivity index (χ0) is 32.8. The van der Waals surface area contributed by atoms with Gasteiger partial charge in [-0.25, -0.2) is 13.6 Å². The fourth-order valence-corrected chi connectivity index (χ4v) is 5.94. The van der Waals surface area contributed by atoms with Crippen LogP contribution in [-0.4, -0.2) is 60.1 Å². The lowest BCUT2D eigenvalue weighted by atomic mass is 9.95. The Bertz CT molecular complexity index is 1570. The van der Waals surface area contributed by atoms with Crippen LogP contribution < -0.4 is 5.32 Å². The van der Waals surface area contributed by atoms with Gasteiger partial charge in [0.05, 0.1) is 0 Å². The quantitative estimate of drug-likeness (QED) is 0.206. The van der Waals surface area contributed by atoms with E-state index in [0.717, 1.165) is 41.8 Å². The lowest BCUT2D eigenvalue weighted by Gasteiger charge is -2.26. The van der Waals surface area contributed by atoms with Gasteiger partial charge < -0.3 is 15.0 Å². The zero-order valence-corrected chi connectivity index (χ0v) is 26.8. The van der Waals surface area contributed by atoms with Crippen LogP contribution in [0.5, 0.6) is 0 Å². The van der Waals surface area contributed by atoms with Crippen molar-refractivity contribution in [1.29, 1.82) is 0 Å². The summed E-state index contributed by atoms with van der Waals surface area (Å²) in [6.45, 7) is 8.03. The monoisotopic (exact) mass is 625 g/mol. The summed E-state index contributed by atoms with van der Waals surface area (Å²) in [5, 5.41) is 3.15. The van der Waals surface area contributed by atoms with Gasteiger partial charge in [-0.3, -0.25) is 9.69 Å². The molecule has 8 heteroatoms. The minimum absolute atomic E-state index is 0.0537. The number of hydrogen-bond acceptors (Lipinski definition) is 4. The van der Waals surface area contributed by atoms with Crippen LogP contribution in [0.4, 0.5) is 13.6 Å². The normalized spacial score (nSPS) is 16.7. The second kappa shape index (κ2) is 14.3. The second-order valence-corrected chi connectivity index (χ2v) is 13.1. The third kappa shape index (κ3) is 8.79. The van der Waals surface area contributed by atoms with E-state index in [2.05, 4.69) is 22.3 Å². The number of carbonyl (C=O) groups is 2. The van der Waals surface area contributed by atoms with E-state index in [1.807, 2.05) is 45.0 Å². The molecule has 2 amide bonds. The van der Waals surface area contributed by atoms with E-state index >= 15 is 0 Å². The largest absolute Gasteiger partial charge is 0.444 e. The van der Waals surface area contributed by atoms with Gasteiger partial charge in [-0.2, -0.15) is 0 Å². The first-order valence-electron chi connectivity index (χ1n) is 15.6. The SMILES string of the molecule is CN(C[C@H]1C[C@@H](CNC(=O)c2cc(-c3ccc(F)cc3)cc(-c3ccc(F)cc3)c2)N(Cc2ccccc2)C1)C(=O)OC(C)(C)C. The molecule has 4 aromatic carbocycles. The Balaban J connectivity index is 1.34. The molecule has 0 spiro atoms. The maximum atomic E-state index is 13.7. The smallest absolute Gasteiger partial charge is 0.410 e. The van der Waals surface area contributed by atoms with E-state index in [1.165, 1.54) is 29.8 Å². The van der Waals surface area contributed by atoms with Crippen LogP contribution in [0.3, 0.4) is 0 Å².